The number of esters is 2. The van der Waals surface area contributed by atoms with Gasteiger partial charge in [0.1, 0.15) is 57.8 Å². The second kappa shape index (κ2) is 41.7. The minimum absolute atomic E-state index is 0.0216. The smallest absolute Gasteiger partial charge is 0.495 e. The second-order valence-electron chi connectivity index (χ2n) is 27.9. The quantitative estimate of drug-likeness (QED) is 0.0108. The molecule has 24 nitrogen and oxygen atoms in total. The number of carbonyl (C=O) groups excluding carboxylic acids is 6. The van der Waals surface area contributed by atoms with E-state index in [1.165, 1.54) is 120 Å². The third-order valence-corrected chi connectivity index (χ3v) is 16.9. The lowest BCUT2D eigenvalue weighted by Crippen LogP contribution is -2.32. The molecule has 35 heteroatoms. The van der Waals surface area contributed by atoms with Gasteiger partial charge >= 0.3 is 33.5 Å². The third kappa shape index (κ3) is 29.8. The van der Waals surface area contributed by atoms with Crippen molar-refractivity contribution in [1.29, 1.82) is 0 Å². The largest absolute Gasteiger partial charge is 0.523 e. The Balaban J connectivity index is 0.000000393. The highest BCUT2D eigenvalue weighted by Crippen LogP contribution is 2.40. The van der Waals surface area contributed by atoms with Crippen molar-refractivity contribution in [2.45, 2.75) is 157 Å². The molecule has 7 rings (SSSR count). The maximum atomic E-state index is 15.2. The van der Waals surface area contributed by atoms with Crippen LogP contribution >= 0.6 is 50.7 Å². The summed E-state index contributed by atoms with van der Waals surface area (Å²) in [6.07, 6.45) is 3.97. The number of nitrogens with one attached hydrogen (secondary N) is 1. The number of rotatable bonds is 24. The van der Waals surface area contributed by atoms with Crippen LogP contribution in [0.15, 0.2) is 112 Å². The van der Waals surface area contributed by atoms with Crippen molar-refractivity contribution in [2.75, 3.05) is 46.5 Å². The number of halogens is 10. The molecule has 7 aromatic rings. The number of hydrogen-bond donors (Lipinski definition) is 2. The van der Waals surface area contributed by atoms with Crippen molar-refractivity contribution in [1.82, 2.24) is 14.1 Å². The van der Waals surface area contributed by atoms with E-state index in [1.54, 1.807) is 53.7 Å². The van der Waals surface area contributed by atoms with Crippen molar-refractivity contribution in [2.24, 2.45) is 0 Å². The van der Waals surface area contributed by atoms with Crippen molar-refractivity contribution in [3.05, 3.63) is 189 Å². The molecule has 612 valence electrons. The molecule has 0 amide bonds. The van der Waals surface area contributed by atoms with Gasteiger partial charge in [-0.2, -0.15) is 21.6 Å². The molecule has 112 heavy (non-hydrogen) atoms. The average Bonchev–Trinajstić information content (AvgIpc) is 0.781. The Morgan fingerprint density at radius 1 is 0.545 bits per heavy atom. The van der Waals surface area contributed by atoms with E-state index < -0.39 is 103 Å². The van der Waals surface area contributed by atoms with Gasteiger partial charge in [-0.15, -0.1) is 0 Å². The highest BCUT2D eigenvalue weighted by Gasteiger charge is 2.47. The number of carbonyl (C=O) groups is 7. The van der Waals surface area contributed by atoms with Gasteiger partial charge in [-0.05, 0) is 164 Å². The molecule has 0 fully saturated rings. The molecule has 0 aliphatic rings. The van der Waals surface area contributed by atoms with E-state index in [2.05, 4.69) is 25.1 Å². The first kappa shape index (κ1) is 97.2. The van der Waals surface area contributed by atoms with Crippen LogP contribution in [0.1, 0.15) is 163 Å². The highest BCUT2D eigenvalue weighted by atomic mass is 79.9. The van der Waals surface area contributed by atoms with Gasteiger partial charge < -0.3 is 52.4 Å². The van der Waals surface area contributed by atoms with Crippen molar-refractivity contribution in [3.63, 3.8) is 0 Å². The van der Waals surface area contributed by atoms with Crippen LogP contribution in [-0.4, -0.2) is 143 Å². The van der Waals surface area contributed by atoms with Crippen molar-refractivity contribution in [3.8, 4) is 50.6 Å². The Hall–Kier alpha value is -9.02. The fraction of sp³-hybridized carbons (Fsp3) is 0.403. The number of methoxy groups -OCH3 is 3. The molecule has 0 saturated carbocycles. The number of nitrogens with zero attached hydrogens (tertiary/aromatic N) is 2. The number of H-pyrrole nitrogens is 1. The van der Waals surface area contributed by atoms with Crippen LogP contribution in [0.25, 0.3) is 33.4 Å². The summed E-state index contributed by atoms with van der Waals surface area (Å²) in [6, 6.07) is 16.3. The number of Topliss-reactive ketones (excluding diaryl/α,β-unsaturated/α-hetero) is 4. The third-order valence-electron chi connectivity index (χ3n) is 14.5. The normalized spacial score (nSPS) is 11.8. The predicted octanol–water partition coefficient (Wildman–Crippen LogP) is 16.1. The summed E-state index contributed by atoms with van der Waals surface area (Å²) >= 11 is 20.6. The maximum Gasteiger partial charge on any atom is 0.523 e. The van der Waals surface area contributed by atoms with Crippen LogP contribution in [-0.2, 0) is 60.6 Å². The number of aromatic amines is 1. The van der Waals surface area contributed by atoms with Crippen LogP contribution < -0.4 is 30.9 Å². The first-order chi connectivity index (χ1) is 51.5. The van der Waals surface area contributed by atoms with E-state index in [-0.39, 0.29) is 149 Å². The number of carboxylic acids is 1. The Morgan fingerprint density at radius 3 is 1.32 bits per heavy atom. The number of aromatic carboxylic acids is 1. The standard InChI is InChI=1S/C30H31ClFNO7.C20H21ClFNO5.C14H11ClFNO3.C7H13F3O4S.C6H11BrO2/c1-17(34)20-10-11-22(31)28(32)27(20)21-15-26(36)33(16-25(21)39-5)23(12-13-40-30(2,3)4)24(35)14-18-6-8-19(9-7-18)29(37)38;1-11(24)12-6-7-14(21)19(22)18(12)13-8-16(25)23(9-15(13)27-5)10-17(26)28-20(2,3)4;1-7(18)8-3-4-10(15)14(16)13(8)9-5-12(19)17-6-11(9)20-2;1-6(2,3)13-4-5-14-15(11,12)7(8,9)10;1-6(2,3)9-5(8)4-7/h6-11,15-16,23H,12-14H2,1-5H3,(H,37,38);6-9H,10H2,1-5H3;3-6H,1-2H3,(H,17,19);4-5H2,1-3H3;4H2,1-3H3. The number of aromatic nitrogens is 3. The van der Waals surface area contributed by atoms with E-state index in [0.717, 1.165) is 16.7 Å². The zero-order chi connectivity index (χ0) is 85.7. The fourth-order valence-electron chi connectivity index (χ4n) is 9.76. The topological polar surface area (TPSA) is 325 Å². The van der Waals surface area contributed by atoms with Gasteiger partial charge in [0.2, 0.25) is 5.56 Å². The summed E-state index contributed by atoms with van der Waals surface area (Å²) in [7, 11) is -1.46. The van der Waals surface area contributed by atoms with E-state index in [0.29, 0.717) is 5.56 Å². The summed E-state index contributed by atoms with van der Waals surface area (Å²) in [4.78, 5) is 123. The molecule has 2 N–H and O–H groups in total. The molecule has 1 unspecified atom stereocenters. The predicted molar refractivity (Wildman–Crippen MR) is 413 cm³/mol. The molecule has 0 saturated heterocycles. The lowest BCUT2D eigenvalue weighted by molar-refractivity contribution is -0.155. The number of alkyl halides is 4. The van der Waals surface area contributed by atoms with Crippen LogP contribution in [0, 0.1) is 17.5 Å². The van der Waals surface area contributed by atoms with Crippen LogP contribution in [0.3, 0.4) is 0 Å². The molecule has 3 aromatic heterocycles. The summed E-state index contributed by atoms with van der Waals surface area (Å²) in [5, 5.41) is 8.85. The summed E-state index contributed by atoms with van der Waals surface area (Å²) in [6.45, 7) is 24.1. The Bertz CT molecular complexity index is 4870. The lowest BCUT2D eigenvalue weighted by Gasteiger charge is -2.24. The summed E-state index contributed by atoms with van der Waals surface area (Å²) < 4.78 is 143. The second-order valence-corrected chi connectivity index (χ2v) is 31.3. The van der Waals surface area contributed by atoms with Crippen LogP contribution in [0.4, 0.5) is 26.3 Å². The van der Waals surface area contributed by atoms with Crippen LogP contribution in [0.2, 0.25) is 15.1 Å². The molecular formula is C77H87BrCl3F6N3O21S. The molecule has 0 aliphatic heterocycles. The minimum atomic E-state index is -5.50. The van der Waals surface area contributed by atoms with E-state index >= 15 is 4.39 Å². The number of ether oxygens (including phenoxy) is 7. The molecule has 0 bridgehead atoms. The molecule has 1 atom stereocenters. The first-order valence-electron chi connectivity index (χ1n) is 33.5. The molecular weight excluding hydrogens is 1640 g/mol. The Morgan fingerprint density at radius 2 is 0.946 bits per heavy atom. The molecule has 0 radical (unpaired) electrons. The van der Waals surface area contributed by atoms with Gasteiger partial charge in [0.05, 0.1) is 84.8 Å². The zero-order valence-electron chi connectivity index (χ0n) is 64.5. The first-order valence-corrected chi connectivity index (χ1v) is 37.1. The number of carboxylic acid groups (broad SMARTS) is 1. The van der Waals surface area contributed by atoms with Crippen molar-refractivity contribution >= 4 is 102 Å². The minimum Gasteiger partial charge on any atom is -0.495 e. The van der Waals surface area contributed by atoms with E-state index in [4.69, 9.17) is 73.1 Å². The Kier molecular flexibility index (Phi) is 36.2. The van der Waals surface area contributed by atoms with Gasteiger partial charge in [-0.1, -0.05) is 62.9 Å². The van der Waals surface area contributed by atoms with Crippen LogP contribution in [0.5, 0.6) is 17.2 Å². The monoisotopic (exact) mass is 1720 g/mol. The molecule has 0 aliphatic carbocycles. The van der Waals surface area contributed by atoms with Gasteiger partial charge in [0, 0.05) is 87.5 Å². The van der Waals surface area contributed by atoms with Gasteiger partial charge in [-0.3, -0.25) is 47.3 Å². The maximum absolute atomic E-state index is 15.2. The zero-order valence-corrected chi connectivity index (χ0v) is 69.1. The van der Waals surface area contributed by atoms with Gasteiger partial charge in [0.15, 0.2) is 23.1 Å². The van der Waals surface area contributed by atoms with Crippen molar-refractivity contribution < 1.29 is 111 Å². The molecule has 3 heterocycles. The van der Waals surface area contributed by atoms with E-state index in [9.17, 15) is 78.3 Å². The van der Waals surface area contributed by atoms with Gasteiger partial charge in [0.25, 0.3) is 11.1 Å². The molecule has 0 spiro atoms. The summed E-state index contributed by atoms with van der Waals surface area (Å²) in [5.41, 5.74) is -8.31. The SMILES string of the molecule is CC(C)(C)OC(=O)CBr.CC(C)(C)OCCOS(=O)(=O)C(F)(F)F.COc1c[nH]c(=O)cc1-c1c(C(C)=O)ccc(Cl)c1F.COc1cn(C(CCOC(C)(C)C)C(=O)Cc2ccc(C(=O)O)cc2)c(=O)cc1-c1c(C(C)=O)ccc(Cl)c1F.COc1cn(CC(=O)OC(C)(C)C)c(=O)cc1-c1c(C(C)=O)ccc(Cl)c1F. The fourth-order valence-corrected chi connectivity index (χ4v) is 10.8. The molecule has 4 aromatic carbocycles. The highest BCUT2D eigenvalue weighted by molar-refractivity contribution is 9.09. The Labute approximate surface area is 666 Å². The lowest BCUT2D eigenvalue weighted by atomic mass is 9.96. The van der Waals surface area contributed by atoms with E-state index in [1.807, 2.05) is 41.5 Å². The summed E-state index contributed by atoms with van der Waals surface area (Å²) in [5.74, 6) is -5.47. The van der Waals surface area contributed by atoms with Gasteiger partial charge in [-0.25, -0.2) is 18.0 Å². The average molecular weight is 1720 g/mol. The number of pyridine rings is 3. The number of ketones is 4. The number of benzene rings is 4. The number of hydrogen-bond acceptors (Lipinski definition) is 20.